The van der Waals surface area contributed by atoms with E-state index in [4.69, 9.17) is 0 Å². The molecule has 1 aliphatic carbocycles. The lowest BCUT2D eigenvalue weighted by Gasteiger charge is -2.43. The monoisotopic (exact) mass is 320 g/mol. The molecular weight excluding hydrogens is 288 g/mol. The summed E-state index contributed by atoms with van der Waals surface area (Å²) in [6, 6.07) is 0. The lowest BCUT2D eigenvalue weighted by Crippen LogP contribution is -2.53. The summed E-state index contributed by atoms with van der Waals surface area (Å²) in [6.45, 7) is 7.72. The van der Waals surface area contributed by atoms with Gasteiger partial charge < -0.3 is 10.2 Å². The number of carbonyl (C=O) groups excluding carboxylic acids is 1. The third-order valence-electron chi connectivity index (χ3n) is 5.22. The summed E-state index contributed by atoms with van der Waals surface area (Å²) < 4.78 is 1.85. The molecule has 130 valence electrons. The van der Waals surface area contributed by atoms with Crippen LogP contribution in [0.2, 0.25) is 0 Å². The molecule has 0 bridgehead atoms. The Labute approximate surface area is 140 Å². The number of likely N-dealkylation sites (N-methyl/N-ethyl adjacent to an activating group) is 1. The van der Waals surface area contributed by atoms with Crippen molar-refractivity contribution < 1.29 is 4.79 Å². The summed E-state index contributed by atoms with van der Waals surface area (Å²) in [5.41, 5.74) is 1.73. The van der Waals surface area contributed by atoms with Gasteiger partial charge in [-0.2, -0.15) is 5.10 Å². The first-order chi connectivity index (χ1) is 10.9. The van der Waals surface area contributed by atoms with Crippen LogP contribution in [-0.4, -0.2) is 46.8 Å². The molecule has 1 aromatic rings. The van der Waals surface area contributed by atoms with Gasteiger partial charge in [-0.1, -0.05) is 33.1 Å². The summed E-state index contributed by atoms with van der Waals surface area (Å²) >= 11 is 0. The van der Waals surface area contributed by atoms with Crippen LogP contribution in [0.1, 0.15) is 74.8 Å². The van der Waals surface area contributed by atoms with E-state index >= 15 is 0 Å². The van der Waals surface area contributed by atoms with Crippen LogP contribution in [0.15, 0.2) is 6.20 Å². The second kappa shape index (κ2) is 7.47. The molecule has 1 N–H and O–H groups in total. The van der Waals surface area contributed by atoms with Gasteiger partial charge in [0.05, 0.1) is 11.3 Å². The zero-order valence-corrected chi connectivity index (χ0v) is 15.4. The number of nitrogens with one attached hydrogen (secondary N) is 1. The maximum Gasteiger partial charge on any atom is 0.254 e. The van der Waals surface area contributed by atoms with E-state index in [9.17, 15) is 4.79 Å². The van der Waals surface area contributed by atoms with Gasteiger partial charge in [0, 0.05) is 24.8 Å². The van der Waals surface area contributed by atoms with Gasteiger partial charge in [0.15, 0.2) is 0 Å². The maximum atomic E-state index is 12.7. The Hall–Kier alpha value is -1.36. The standard InChI is InChI=1S/C18H32N4O/c1-6-22-12-15(16(20-22)14(2)3)17(23)19-13-18(21(4)5)10-8-7-9-11-18/h12,14H,6-11,13H2,1-5H3,(H,19,23). The van der Waals surface area contributed by atoms with Crippen molar-refractivity contribution in [3.05, 3.63) is 17.5 Å². The topological polar surface area (TPSA) is 50.2 Å². The van der Waals surface area contributed by atoms with Gasteiger partial charge in [-0.05, 0) is 39.8 Å². The summed E-state index contributed by atoms with van der Waals surface area (Å²) in [4.78, 5) is 15.0. The van der Waals surface area contributed by atoms with Crippen molar-refractivity contribution in [2.75, 3.05) is 20.6 Å². The van der Waals surface area contributed by atoms with Crippen molar-refractivity contribution in [1.82, 2.24) is 20.0 Å². The molecule has 5 heteroatoms. The number of nitrogens with zero attached hydrogens (tertiary/aromatic N) is 3. The molecule has 5 nitrogen and oxygen atoms in total. The predicted molar refractivity (Wildman–Crippen MR) is 93.8 cm³/mol. The highest BCUT2D eigenvalue weighted by molar-refractivity contribution is 5.95. The highest BCUT2D eigenvalue weighted by atomic mass is 16.1. The molecule has 0 aliphatic heterocycles. The molecule has 2 rings (SSSR count). The molecule has 0 aromatic carbocycles. The lowest BCUT2D eigenvalue weighted by atomic mass is 9.80. The third-order valence-corrected chi connectivity index (χ3v) is 5.22. The van der Waals surface area contributed by atoms with Crippen LogP contribution in [0.4, 0.5) is 0 Å². The van der Waals surface area contributed by atoms with Crippen molar-refractivity contribution in [2.24, 2.45) is 0 Å². The fourth-order valence-electron chi connectivity index (χ4n) is 3.53. The Balaban J connectivity index is 2.11. The third kappa shape index (κ3) is 3.94. The smallest absolute Gasteiger partial charge is 0.254 e. The molecule has 1 fully saturated rings. The van der Waals surface area contributed by atoms with Crippen molar-refractivity contribution in [2.45, 2.75) is 70.9 Å². The lowest BCUT2D eigenvalue weighted by molar-refractivity contribution is 0.0798. The van der Waals surface area contributed by atoms with E-state index in [-0.39, 0.29) is 17.4 Å². The SMILES string of the molecule is CCn1cc(C(=O)NCC2(N(C)C)CCCCC2)c(C(C)C)n1. The van der Waals surface area contributed by atoms with Crippen molar-refractivity contribution in [3.8, 4) is 0 Å². The first-order valence-electron chi connectivity index (χ1n) is 8.92. The average Bonchev–Trinajstić information content (AvgIpc) is 2.98. The molecule has 1 amide bonds. The van der Waals surface area contributed by atoms with Crippen LogP contribution in [0, 0.1) is 0 Å². The van der Waals surface area contributed by atoms with E-state index in [0.29, 0.717) is 6.54 Å². The quantitative estimate of drug-likeness (QED) is 0.876. The second-order valence-electron chi connectivity index (χ2n) is 7.30. The molecule has 0 unspecified atom stereocenters. The van der Waals surface area contributed by atoms with E-state index in [1.54, 1.807) is 0 Å². The van der Waals surface area contributed by atoms with Crippen molar-refractivity contribution in [3.63, 3.8) is 0 Å². The number of hydrogen-bond acceptors (Lipinski definition) is 3. The average molecular weight is 320 g/mol. The number of amides is 1. The van der Waals surface area contributed by atoms with Gasteiger partial charge in [-0.3, -0.25) is 9.48 Å². The number of rotatable bonds is 6. The number of aromatic nitrogens is 2. The zero-order valence-electron chi connectivity index (χ0n) is 15.4. The predicted octanol–water partition coefficient (Wildman–Crippen LogP) is 3.02. The fraction of sp³-hybridized carbons (Fsp3) is 0.778. The van der Waals surface area contributed by atoms with Gasteiger partial charge >= 0.3 is 0 Å². The van der Waals surface area contributed by atoms with E-state index in [1.165, 1.54) is 19.3 Å². The minimum atomic E-state index is 0.0141. The van der Waals surface area contributed by atoms with Gasteiger partial charge in [0.1, 0.15) is 0 Å². The van der Waals surface area contributed by atoms with E-state index in [0.717, 1.165) is 30.6 Å². The maximum absolute atomic E-state index is 12.7. The van der Waals surface area contributed by atoms with Crippen LogP contribution >= 0.6 is 0 Å². The zero-order chi connectivity index (χ0) is 17.0. The minimum Gasteiger partial charge on any atom is -0.350 e. The van der Waals surface area contributed by atoms with E-state index in [2.05, 4.69) is 43.3 Å². The van der Waals surface area contributed by atoms with Crippen LogP contribution in [-0.2, 0) is 6.54 Å². The fourth-order valence-corrected chi connectivity index (χ4v) is 3.53. The molecular formula is C18H32N4O. The van der Waals surface area contributed by atoms with Gasteiger partial charge in [0.2, 0.25) is 0 Å². The molecule has 1 aromatic heterocycles. The molecule has 1 heterocycles. The molecule has 1 aliphatic rings. The molecule has 1 saturated carbocycles. The summed E-state index contributed by atoms with van der Waals surface area (Å²) in [5, 5.41) is 7.73. The number of hydrogen-bond donors (Lipinski definition) is 1. The highest BCUT2D eigenvalue weighted by Crippen LogP contribution is 2.31. The van der Waals surface area contributed by atoms with Gasteiger partial charge in [-0.15, -0.1) is 0 Å². The van der Waals surface area contributed by atoms with Gasteiger partial charge in [0.25, 0.3) is 5.91 Å². The largest absolute Gasteiger partial charge is 0.350 e. The highest BCUT2D eigenvalue weighted by Gasteiger charge is 2.34. The second-order valence-corrected chi connectivity index (χ2v) is 7.30. The van der Waals surface area contributed by atoms with Crippen LogP contribution < -0.4 is 5.32 Å². The van der Waals surface area contributed by atoms with Crippen molar-refractivity contribution in [1.29, 1.82) is 0 Å². The van der Waals surface area contributed by atoms with Gasteiger partial charge in [-0.25, -0.2) is 0 Å². The molecule has 0 saturated heterocycles. The van der Waals surface area contributed by atoms with Crippen LogP contribution in [0.25, 0.3) is 0 Å². The normalized spacial score (nSPS) is 17.7. The van der Waals surface area contributed by atoms with E-state index < -0.39 is 0 Å². The van der Waals surface area contributed by atoms with Crippen molar-refractivity contribution >= 4 is 5.91 Å². The summed E-state index contributed by atoms with van der Waals surface area (Å²) in [6.07, 6.45) is 8.01. The molecule has 0 radical (unpaired) electrons. The molecule has 0 atom stereocenters. The number of carbonyl (C=O) groups is 1. The molecule has 0 spiro atoms. The Kier molecular flexibility index (Phi) is 5.84. The summed E-state index contributed by atoms with van der Waals surface area (Å²) in [5.74, 6) is 0.265. The minimum absolute atomic E-state index is 0.0141. The Morgan fingerprint density at radius 3 is 2.52 bits per heavy atom. The van der Waals surface area contributed by atoms with E-state index in [1.807, 2.05) is 17.8 Å². The van der Waals surface area contributed by atoms with Crippen LogP contribution in [0.3, 0.4) is 0 Å². The van der Waals surface area contributed by atoms with Crippen LogP contribution in [0.5, 0.6) is 0 Å². The molecule has 23 heavy (non-hydrogen) atoms. The summed E-state index contributed by atoms with van der Waals surface area (Å²) in [7, 11) is 4.26. The Bertz CT molecular complexity index is 527. The Morgan fingerprint density at radius 1 is 1.35 bits per heavy atom. The first-order valence-corrected chi connectivity index (χ1v) is 8.92. The first kappa shape index (κ1) is 18.0. The number of aryl methyl sites for hydroxylation is 1. The Morgan fingerprint density at radius 2 is 2.00 bits per heavy atom.